The van der Waals surface area contributed by atoms with Crippen LogP contribution in [-0.2, 0) is 4.79 Å². The van der Waals surface area contributed by atoms with Crippen LogP contribution in [0.25, 0.3) is 0 Å². The van der Waals surface area contributed by atoms with E-state index in [1.807, 2.05) is 20.9 Å². The predicted octanol–water partition coefficient (Wildman–Crippen LogP) is 0.600. The number of hydrogen-bond acceptors (Lipinski definition) is 6. The van der Waals surface area contributed by atoms with E-state index >= 15 is 0 Å². The van der Waals surface area contributed by atoms with Crippen LogP contribution in [0.4, 0.5) is 11.6 Å². The number of anilines is 2. The van der Waals surface area contributed by atoms with Crippen molar-refractivity contribution in [1.82, 2.24) is 15.3 Å². The molecule has 1 saturated carbocycles. The molecule has 0 unspecified atom stereocenters. The molecule has 0 aliphatic heterocycles. The van der Waals surface area contributed by atoms with Gasteiger partial charge in [0.25, 0.3) is 0 Å². The minimum atomic E-state index is 0.0157. The molecule has 7 heteroatoms. The van der Waals surface area contributed by atoms with Crippen molar-refractivity contribution in [2.75, 3.05) is 23.9 Å². The quantitative estimate of drug-likeness (QED) is 0.521. The van der Waals surface area contributed by atoms with Gasteiger partial charge in [0.15, 0.2) is 0 Å². The van der Waals surface area contributed by atoms with E-state index in [1.165, 1.54) is 0 Å². The van der Waals surface area contributed by atoms with Crippen LogP contribution in [0.15, 0.2) is 6.07 Å². The van der Waals surface area contributed by atoms with Gasteiger partial charge in [-0.25, -0.2) is 15.8 Å². The summed E-state index contributed by atoms with van der Waals surface area (Å²) < 4.78 is 0. The molecule has 0 spiro atoms. The first kappa shape index (κ1) is 14.5. The van der Waals surface area contributed by atoms with E-state index in [9.17, 15) is 4.79 Å². The van der Waals surface area contributed by atoms with Crippen LogP contribution in [0.1, 0.15) is 38.4 Å². The largest absolute Gasteiger partial charge is 0.352 e. The van der Waals surface area contributed by atoms with Crippen molar-refractivity contribution in [3.05, 3.63) is 11.9 Å². The summed E-state index contributed by atoms with van der Waals surface area (Å²) in [7, 11) is 1.83. The molecule has 1 aromatic rings. The highest BCUT2D eigenvalue weighted by molar-refractivity contribution is 5.81. The van der Waals surface area contributed by atoms with E-state index in [2.05, 4.69) is 20.7 Å². The number of hydrazine groups is 1. The minimum absolute atomic E-state index is 0.0157. The van der Waals surface area contributed by atoms with Crippen molar-refractivity contribution < 1.29 is 4.79 Å². The number of nitrogen functional groups attached to an aromatic ring is 1. The van der Waals surface area contributed by atoms with E-state index < -0.39 is 0 Å². The Morgan fingerprint density at radius 3 is 2.75 bits per heavy atom. The second kappa shape index (κ2) is 6.04. The van der Waals surface area contributed by atoms with Gasteiger partial charge < -0.3 is 15.6 Å². The van der Waals surface area contributed by atoms with Crippen molar-refractivity contribution in [3.63, 3.8) is 0 Å². The molecule has 7 nitrogen and oxygen atoms in total. The summed E-state index contributed by atoms with van der Waals surface area (Å²) in [6, 6.07) is 2.10. The Bertz CT molecular complexity index is 486. The van der Waals surface area contributed by atoms with Crippen molar-refractivity contribution in [1.29, 1.82) is 0 Å². The van der Waals surface area contributed by atoms with Crippen LogP contribution in [0.2, 0.25) is 0 Å². The SMILES string of the molecule is CC(C)c1nc(NN)cc(N(C)CC(=O)NC2CC2)n1. The molecule has 0 bridgehead atoms. The third-order valence-electron chi connectivity index (χ3n) is 3.11. The Kier molecular flexibility index (Phi) is 4.39. The second-order valence-corrected chi connectivity index (χ2v) is 5.47. The molecular formula is C13H22N6O. The fourth-order valence-corrected chi connectivity index (χ4v) is 1.78. The third kappa shape index (κ3) is 3.80. The lowest BCUT2D eigenvalue weighted by Crippen LogP contribution is -2.36. The molecule has 20 heavy (non-hydrogen) atoms. The van der Waals surface area contributed by atoms with E-state index in [0.29, 0.717) is 23.5 Å². The summed E-state index contributed by atoms with van der Waals surface area (Å²) in [5, 5.41) is 2.96. The third-order valence-corrected chi connectivity index (χ3v) is 3.11. The first-order valence-corrected chi connectivity index (χ1v) is 6.85. The Morgan fingerprint density at radius 2 is 2.20 bits per heavy atom. The molecular weight excluding hydrogens is 256 g/mol. The molecule has 0 radical (unpaired) electrons. The molecule has 1 aliphatic carbocycles. The number of likely N-dealkylation sites (N-methyl/N-ethyl adjacent to an activating group) is 1. The maximum atomic E-state index is 11.8. The number of nitrogens with zero attached hydrogens (tertiary/aromatic N) is 3. The molecule has 1 aromatic heterocycles. The zero-order chi connectivity index (χ0) is 14.7. The standard InChI is InChI=1S/C13H22N6O/c1-8(2)13-16-10(18-14)6-11(17-13)19(3)7-12(20)15-9-4-5-9/h6,8-9H,4-5,7,14H2,1-3H3,(H,15,20)(H,16,17,18). The summed E-state index contributed by atoms with van der Waals surface area (Å²) >= 11 is 0. The number of aromatic nitrogens is 2. The molecule has 0 aromatic carbocycles. The summed E-state index contributed by atoms with van der Waals surface area (Å²) in [5.41, 5.74) is 2.53. The van der Waals surface area contributed by atoms with Crippen molar-refractivity contribution >= 4 is 17.5 Å². The zero-order valence-corrected chi connectivity index (χ0v) is 12.2. The molecule has 0 saturated heterocycles. The number of carbonyl (C=O) groups is 1. The van der Waals surface area contributed by atoms with Crippen molar-refractivity contribution in [3.8, 4) is 0 Å². The van der Waals surface area contributed by atoms with Crippen LogP contribution in [0.3, 0.4) is 0 Å². The molecule has 1 heterocycles. The molecule has 1 aliphatic rings. The Labute approximate surface area is 118 Å². The van der Waals surface area contributed by atoms with Gasteiger partial charge in [0, 0.05) is 25.1 Å². The van der Waals surface area contributed by atoms with Gasteiger partial charge in [-0.05, 0) is 12.8 Å². The molecule has 4 N–H and O–H groups in total. The number of nitrogens with one attached hydrogen (secondary N) is 2. The van der Waals surface area contributed by atoms with E-state index in [0.717, 1.165) is 12.8 Å². The van der Waals surface area contributed by atoms with E-state index in [1.54, 1.807) is 11.0 Å². The number of carbonyl (C=O) groups excluding carboxylic acids is 1. The van der Waals surface area contributed by atoms with Gasteiger partial charge >= 0.3 is 0 Å². The number of hydrogen-bond donors (Lipinski definition) is 3. The first-order chi connectivity index (χ1) is 9.49. The van der Waals surface area contributed by atoms with Crippen LogP contribution >= 0.6 is 0 Å². The second-order valence-electron chi connectivity index (χ2n) is 5.47. The predicted molar refractivity (Wildman–Crippen MR) is 78.4 cm³/mol. The number of rotatable bonds is 6. The topological polar surface area (TPSA) is 96.2 Å². The van der Waals surface area contributed by atoms with Crippen LogP contribution in [0, 0.1) is 0 Å². The minimum Gasteiger partial charge on any atom is -0.352 e. The van der Waals surface area contributed by atoms with Crippen molar-refractivity contribution in [2.45, 2.75) is 38.6 Å². The van der Waals surface area contributed by atoms with Gasteiger partial charge in [0.05, 0.1) is 6.54 Å². The Morgan fingerprint density at radius 1 is 1.50 bits per heavy atom. The average molecular weight is 278 g/mol. The smallest absolute Gasteiger partial charge is 0.239 e. The summed E-state index contributed by atoms with van der Waals surface area (Å²) in [5.74, 6) is 7.56. The highest BCUT2D eigenvalue weighted by atomic mass is 16.2. The van der Waals surface area contributed by atoms with Crippen LogP contribution < -0.4 is 21.5 Å². The fraction of sp³-hybridized carbons (Fsp3) is 0.615. The maximum absolute atomic E-state index is 11.8. The fourth-order valence-electron chi connectivity index (χ4n) is 1.78. The van der Waals surface area contributed by atoms with Gasteiger partial charge in [-0.1, -0.05) is 13.8 Å². The lowest BCUT2D eigenvalue weighted by atomic mass is 10.2. The highest BCUT2D eigenvalue weighted by Gasteiger charge is 2.24. The molecule has 0 atom stereocenters. The van der Waals surface area contributed by atoms with Gasteiger partial charge in [0.2, 0.25) is 5.91 Å². The Balaban J connectivity index is 2.08. The molecule has 110 valence electrons. The van der Waals surface area contributed by atoms with E-state index in [-0.39, 0.29) is 18.4 Å². The number of nitrogens with two attached hydrogens (primary N) is 1. The van der Waals surface area contributed by atoms with Crippen molar-refractivity contribution in [2.24, 2.45) is 5.84 Å². The highest BCUT2D eigenvalue weighted by Crippen LogP contribution is 2.20. The van der Waals surface area contributed by atoms with Gasteiger partial charge in [0.1, 0.15) is 17.5 Å². The molecule has 2 rings (SSSR count). The van der Waals surface area contributed by atoms with Crippen LogP contribution in [-0.4, -0.2) is 35.5 Å². The number of amides is 1. The monoisotopic (exact) mass is 278 g/mol. The van der Waals surface area contributed by atoms with Gasteiger partial charge in [-0.15, -0.1) is 0 Å². The normalized spacial score (nSPS) is 14.2. The molecule has 1 amide bonds. The lowest BCUT2D eigenvalue weighted by Gasteiger charge is -2.19. The summed E-state index contributed by atoms with van der Waals surface area (Å²) in [6.45, 7) is 4.30. The zero-order valence-electron chi connectivity index (χ0n) is 12.2. The van der Waals surface area contributed by atoms with Crippen LogP contribution in [0.5, 0.6) is 0 Å². The Hall–Kier alpha value is -1.89. The van der Waals surface area contributed by atoms with Gasteiger partial charge in [-0.2, -0.15) is 0 Å². The first-order valence-electron chi connectivity index (χ1n) is 6.85. The summed E-state index contributed by atoms with van der Waals surface area (Å²) in [4.78, 5) is 22.4. The van der Waals surface area contributed by atoms with Gasteiger partial charge in [-0.3, -0.25) is 4.79 Å². The molecule has 1 fully saturated rings. The maximum Gasteiger partial charge on any atom is 0.239 e. The average Bonchev–Trinajstić information content (AvgIpc) is 3.21. The van der Waals surface area contributed by atoms with E-state index in [4.69, 9.17) is 5.84 Å². The summed E-state index contributed by atoms with van der Waals surface area (Å²) in [6.07, 6.45) is 2.17. The lowest BCUT2D eigenvalue weighted by molar-refractivity contribution is -0.119.